The van der Waals surface area contributed by atoms with Crippen molar-refractivity contribution in [2.45, 2.75) is 39.7 Å². The first kappa shape index (κ1) is 9.30. The fourth-order valence-electron chi connectivity index (χ4n) is 1.29. The van der Waals surface area contributed by atoms with Crippen LogP contribution in [0.15, 0.2) is 12.2 Å². The molecule has 0 aromatic heterocycles. The quantitative estimate of drug-likeness (QED) is 0.443. The average molecular weight is 168 g/mol. The summed E-state index contributed by atoms with van der Waals surface area (Å²) in [5, 5.41) is 0. The largest absolute Gasteiger partial charge is 0.457 e. The third-order valence-corrected chi connectivity index (χ3v) is 2.38. The molecule has 0 bridgehead atoms. The number of ether oxygens (including phenoxy) is 1. The van der Waals surface area contributed by atoms with Crippen LogP contribution in [0, 0.1) is 5.41 Å². The highest BCUT2D eigenvalue weighted by atomic mass is 16.5. The van der Waals surface area contributed by atoms with E-state index in [-0.39, 0.29) is 17.5 Å². The molecule has 1 unspecified atom stereocenters. The zero-order chi connectivity index (χ0) is 9.35. The summed E-state index contributed by atoms with van der Waals surface area (Å²) >= 11 is 0. The van der Waals surface area contributed by atoms with E-state index in [0.717, 1.165) is 18.4 Å². The highest BCUT2D eigenvalue weighted by molar-refractivity contribution is 5.77. The van der Waals surface area contributed by atoms with Crippen molar-refractivity contribution in [3.05, 3.63) is 12.2 Å². The van der Waals surface area contributed by atoms with Gasteiger partial charge < -0.3 is 4.74 Å². The number of rotatable bonds is 1. The summed E-state index contributed by atoms with van der Waals surface area (Å²) in [6, 6.07) is 0. The Morgan fingerprint density at radius 3 is 2.67 bits per heavy atom. The van der Waals surface area contributed by atoms with E-state index < -0.39 is 0 Å². The zero-order valence-corrected chi connectivity index (χ0v) is 8.02. The van der Waals surface area contributed by atoms with Crippen LogP contribution >= 0.6 is 0 Å². The van der Waals surface area contributed by atoms with Crippen molar-refractivity contribution >= 4 is 5.97 Å². The molecule has 1 rings (SSSR count). The summed E-state index contributed by atoms with van der Waals surface area (Å²) in [5.74, 6) is -0.0956. The molecule has 0 amide bonds. The van der Waals surface area contributed by atoms with Crippen LogP contribution in [0.2, 0.25) is 0 Å². The SMILES string of the molecule is C=C(C)C1CCC(C)(C)C(=O)O1. The number of hydrogen-bond donors (Lipinski definition) is 0. The lowest BCUT2D eigenvalue weighted by Gasteiger charge is -2.33. The van der Waals surface area contributed by atoms with E-state index in [0.29, 0.717) is 0 Å². The van der Waals surface area contributed by atoms with Gasteiger partial charge >= 0.3 is 5.97 Å². The van der Waals surface area contributed by atoms with Crippen molar-refractivity contribution in [1.82, 2.24) is 0 Å². The standard InChI is InChI=1S/C10H16O2/c1-7(2)8-5-6-10(3,4)9(11)12-8/h8H,1,5-6H2,2-4H3. The van der Waals surface area contributed by atoms with Gasteiger partial charge in [0.05, 0.1) is 5.41 Å². The third-order valence-electron chi connectivity index (χ3n) is 2.38. The Hall–Kier alpha value is -0.790. The second-order valence-electron chi connectivity index (χ2n) is 4.16. The molecule has 1 saturated heterocycles. The molecule has 1 atom stereocenters. The van der Waals surface area contributed by atoms with Gasteiger partial charge in [-0.05, 0) is 39.2 Å². The van der Waals surface area contributed by atoms with Crippen LogP contribution in [-0.4, -0.2) is 12.1 Å². The summed E-state index contributed by atoms with van der Waals surface area (Å²) in [7, 11) is 0. The minimum atomic E-state index is -0.300. The molecule has 1 aliphatic rings. The van der Waals surface area contributed by atoms with Gasteiger partial charge in [0.2, 0.25) is 0 Å². The van der Waals surface area contributed by atoms with Crippen LogP contribution in [0.3, 0.4) is 0 Å². The minimum absolute atomic E-state index is 0.0504. The van der Waals surface area contributed by atoms with Gasteiger partial charge in [-0.15, -0.1) is 0 Å². The molecule has 0 spiro atoms. The maximum atomic E-state index is 11.4. The van der Waals surface area contributed by atoms with Crippen LogP contribution in [0.5, 0.6) is 0 Å². The molecular formula is C10H16O2. The van der Waals surface area contributed by atoms with Gasteiger partial charge in [-0.3, -0.25) is 4.79 Å². The number of cyclic esters (lactones) is 1. The van der Waals surface area contributed by atoms with Crippen molar-refractivity contribution in [3.63, 3.8) is 0 Å². The van der Waals surface area contributed by atoms with E-state index in [4.69, 9.17) is 4.74 Å². The van der Waals surface area contributed by atoms with Crippen molar-refractivity contribution in [1.29, 1.82) is 0 Å². The Morgan fingerprint density at radius 1 is 1.67 bits per heavy atom. The Bertz CT molecular complexity index is 216. The van der Waals surface area contributed by atoms with E-state index in [9.17, 15) is 4.79 Å². The Morgan fingerprint density at radius 2 is 2.25 bits per heavy atom. The fourth-order valence-corrected chi connectivity index (χ4v) is 1.29. The highest BCUT2D eigenvalue weighted by Gasteiger charge is 2.36. The number of hydrogen-bond acceptors (Lipinski definition) is 2. The third kappa shape index (κ3) is 1.68. The van der Waals surface area contributed by atoms with Crippen molar-refractivity contribution in [3.8, 4) is 0 Å². The second kappa shape index (κ2) is 2.92. The normalized spacial score (nSPS) is 27.9. The smallest absolute Gasteiger partial charge is 0.312 e. The zero-order valence-electron chi connectivity index (χ0n) is 8.02. The number of carbonyl (C=O) groups excluding carboxylic acids is 1. The van der Waals surface area contributed by atoms with Crippen LogP contribution in [0.4, 0.5) is 0 Å². The van der Waals surface area contributed by atoms with Gasteiger partial charge in [-0.1, -0.05) is 6.58 Å². The molecule has 0 radical (unpaired) electrons. The van der Waals surface area contributed by atoms with Gasteiger partial charge in [0.25, 0.3) is 0 Å². The van der Waals surface area contributed by atoms with Crippen molar-refractivity contribution in [2.75, 3.05) is 0 Å². The molecule has 0 aliphatic carbocycles. The predicted molar refractivity (Wildman–Crippen MR) is 47.7 cm³/mol. The second-order valence-corrected chi connectivity index (χ2v) is 4.16. The lowest BCUT2D eigenvalue weighted by atomic mass is 9.83. The van der Waals surface area contributed by atoms with Crippen LogP contribution in [0.1, 0.15) is 33.6 Å². The first-order chi connectivity index (χ1) is 5.43. The van der Waals surface area contributed by atoms with Crippen molar-refractivity contribution < 1.29 is 9.53 Å². The van der Waals surface area contributed by atoms with Crippen LogP contribution < -0.4 is 0 Å². The molecule has 2 nitrogen and oxygen atoms in total. The maximum Gasteiger partial charge on any atom is 0.312 e. The van der Waals surface area contributed by atoms with E-state index in [1.807, 2.05) is 20.8 Å². The van der Waals surface area contributed by atoms with E-state index >= 15 is 0 Å². The molecule has 1 aliphatic heterocycles. The van der Waals surface area contributed by atoms with E-state index in [2.05, 4.69) is 6.58 Å². The number of esters is 1. The molecule has 2 heteroatoms. The molecule has 0 N–H and O–H groups in total. The van der Waals surface area contributed by atoms with Crippen LogP contribution in [-0.2, 0) is 9.53 Å². The van der Waals surface area contributed by atoms with Gasteiger partial charge in [-0.25, -0.2) is 0 Å². The van der Waals surface area contributed by atoms with E-state index in [1.165, 1.54) is 0 Å². The summed E-state index contributed by atoms with van der Waals surface area (Å²) in [6.07, 6.45) is 1.75. The first-order valence-corrected chi connectivity index (χ1v) is 4.30. The molecule has 0 saturated carbocycles. The van der Waals surface area contributed by atoms with Gasteiger partial charge in [0, 0.05) is 0 Å². The first-order valence-electron chi connectivity index (χ1n) is 4.30. The Kier molecular flexibility index (Phi) is 2.27. The molecule has 1 fully saturated rings. The average Bonchev–Trinajstić information content (AvgIpc) is 1.94. The summed E-state index contributed by atoms with van der Waals surface area (Å²) in [4.78, 5) is 11.4. The molecule has 1 heterocycles. The maximum absolute atomic E-state index is 11.4. The number of carbonyl (C=O) groups is 1. The molecular weight excluding hydrogens is 152 g/mol. The minimum Gasteiger partial charge on any atom is -0.457 e. The Labute approximate surface area is 73.6 Å². The monoisotopic (exact) mass is 168 g/mol. The molecule has 12 heavy (non-hydrogen) atoms. The van der Waals surface area contributed by atoms with E-state index in [1.54, 1.807) is 0 Å². The summed E-state index contributed by atoms with van der Waals surface area (Å²) in [6.45, 7) is 9.52. The molecule has 0 aromatic rings. The van der Waals surface area contributed by atoms with Gasteiger partial charge in [-0.2, -0.15) is 0 Å². The topological polar surface area (TPSA) is 26.3 Å². The highest BCUT2D eigenvalue weighted by Crippen LogP contribution is 2.32. The van der Waals surface area contributed by atoms with Crippen molar-refractivity contribution in [2.24, 2.45) is 5.41 Å². The lowest BCUT2D eigenvalue weighted by Crippen LogP contribution is -2.37. The lowest BCUT2D eigenvalue weighted by molar-refractivity contribution is -0.164. The predicted octanol–water partition coefficient (Wildman–Crippen LogP) is 2.29. The van der Waals surface area contributed by atoms with Gasteiger partial charge in [0.1, 0.15) is 6.10 Å². The summed E-state index contributed by atoms with van der Waals surface area (Å²) < 4.78 is 5.22. The molecule has 68 valence electrons. The molecule has 0 aromatic carbocycles. The Balaban J connectivity index is 2.64. The fraction of sp³-hybridized carbons (Fsp3) is 0.700. The van der Waals surface area contributed by atoms with Gasteiger partial charge in [0.15, 0.2) is 0 Å². The van der Waals surface area contributed by atoms with Crippen LogP contribution in [0.25, 0.3) is 0 Å². The summed E-state index contributed by atoms with van der Waals surface area (Å²) in [5.41, 5.74) is 0.644.